The number of carbonyl (C=O) groups is 3. The molecule has 0 rings (SSSR count). The first-order valence-corrected chi connectivity index (χ1v) is 5.68. The normalized spacial score (nSPS) is 10.3. The molecule has 0 bridgehead atoms. The van der Waals surface area contributed by atoms with Gasteiger partial charge in [0.15, 0.2) is 5.92 Å². The van der Waals surface area contributed by atoms with Gasteiger partial charge in [-0.05, 0) is 26.2 Å². The average molecular weight is 262 g/mol. The lowest BCUT2D eigenvalue weighted by Gasteiger charge is -2.07. The number of hydrogen-bond acceptors (Lipinski definition) is 5. The smallest absolute Gasteiger partial charge is 0.332 e. The van der Waals surface area contributed by atoms with Crippen LogP contribution in [0.15, 0.2) is 0 Å². The third kappa shape index (κ3) is 7.61. The number of carbonyl (C=O) groups excluding carboxylic acids is 1. The molecule has 104 valence electrons. The lowest BCUT2D eigenvalue weighted by Crippen LogP contribution is -2.23. The molecule has 7 heteroatoms. The number of carboxylic acid groups (broad SMARTS) is 2. The number of ether oxygens (including phenoxy) is 2. The van der Waals surface area contributed by atoms with Crippen LogP contribution in [0.25, 0.3) is 0 Å². The van der Waals surface area contributed by atoms with Crippen molar-refractivity contribution >= 4 is 17.9 Å². The summed E-state index contributed by atoms with van der Waals surface area (Å²) in [6.45, 7) is 2.11. The van der Waals surface area contributed by atoms with E-state index in [-0.39, 0.29) is 19.6 Å². The number of carboxylic acids is 2. The predicted octanol–water partition coefficient (Wildman–Crippen LogP) is 0.522. The third-order valence-corrected chi connectivity index (χ3v) is 2.15. The highest BCUT2D eigenvalue weighted by atomic mass is 16.6. The Hall–Kier alpha value is -1.63. The summed E-state index contributed by atoms with van der Waals surface area (Å²) in [5.41, 5.74) is 0. The van der Waals surface area contributed by atoms with Crippen LogP contribution < -0.4 is 0 Å². The van der Waals surface area contributed by atoms with E-state index in [1.54, 1.807) is 6.92 Å². The highest BCUT2D eigenvalue weighted by molar-refractivity contribution is 5.92. The van der Waals surface area contributed by atoms with Gasteiger partial charge in [-0.1, -0.05) is 0 Å². The van der Waals surface area contributed by atoms with E-state index in [2.05, 4.69) is 4.74 Å². The van der Waals surface area contributed by atoms with Crippen molar-refractivity contribution in [2.45, 2.75) is 26.2 Å². The minimum Gasteiger partial charge on any atom is -0.481 e. The van der Waals surface area contributed by atoms with Crippen molar-refractivity contribution in [2.75, 3.05) is 19.8 Å². The van der Waals surface area contributed by atoms with Crippen LogP contribution in [0.5, 0.6) is 0 Å². The molecular weight excluding hydrogens is 244 g/mol. The molecule has 18 heavy (non-hydrogen) atoms. The Morgan fingerprint density at radius 3 is 2.22 bits per heavy atom. The van der Waals surface area contributed by atoms with E-state index in [1.807, 2.05) is 0 Å². The molecule has 0 aliphatic heterocycles. The van der Waals surface area contributed by atoms with E-state index in [9.17, 15) is 14.4 Å². The van der Waals surface area contributed by atoms with Crippen molar-refractivity contribution in [3.8, 4) is 0 Å². The highest BCUT2D eigenvalue weighted by Gasteiger charge is 2.24. The number of esters is 1. The minimum atomic E-state index is -1.38. The molecular formula is C11H18O7. The van der Waals surface area contributed by atoms with E-state index in [1.165, 1.54) is 0 Å². The van der Waals surface area contributed by atoms with Crippen LogP contribution in [-0.4, -0.2) is 47.9 Å². The van der Waals surface area contributed by atoms with Gasteiger partial charge in [-0.3, -0.25) is 9.59 Å². The largest absolute Gasteiger partial charge is 0.481 e. The zero-order valence-electron chi connectivity index (χ0n) is 10.3. The number of rotatable bonds is 10. The molecule has 2 N–H and O–H groups in total. The fraction of sp³-hybridized carbons (Fsp3) is 0.727. The summed E-state index contributed by atoms with van der Waals surface area (Å²) in [5.74, 6) is -4.51. The van der Waals surface area contributed by atoms with Gasteiger partial charge in [0.05, 0.1) is 6.61 Å². The number of unbranched alkanes of at least 4 members (excludes halogenated alkanes) is 1. The summed E-state index contributed by atoms with van der Waals surface area (Å²) in [6.07, 6.45) is 0.954. The Balaban J connectivity index is 3.58. The zero-order valence-corrected chi connectivity index (χ0v) is 10.3. The van der Waals surface area contributed by atoms with Crippen molar-refractivity contribution in [1.82, 2.24) is 0 Å². The second-order valence-corrected chi connectivity index (χ2v) is 3.58. The SMILES string of the molecule is CCOC(=O)COCCCCC(C(=O)O)C(=O)O. The highest BCUT2D eigenvalue weighted by Crippen LogP contribution is 2.09. The molecule has 0 spiro atoms. The second-order valence-electron chi connectivity index (χ2n) is 3.58. The molecule has 0 amide bonds. The summed E-state index contributed by atoms with van der Waals surface area (Å²) in [4.78, 5) is 32.0. The van der Waals surface area contributed by atoms with Crippen LogP contribution in [0, 0.1) is 5.92 Å². The monoisotopic (exact) mass is 262 g/mol. The van der Waals surface area contributed by atoms with Crippen LogP contribution in [0.2, 0.25) is 0 Å². The van der Waals surface area contributed by atoms with Crippen molar-refractivity contribution < 1.29 is 34.1 Å². The summed E-state index contributed by atoms with van der Waals surface area (Å²) in [6, 6.07) is 0. The summed E-state index contributed by atoms with van der Waals surface area (Å²) >= 11 is 0. The summed E-state index contributed by atoms with van der Waals surface area (Å²) in [5, 5.41) is 17.2. The minimum absolute atomic E-state index is 0.0490. The Kier molecular flexibility index (Phi) is 8.55. The van der Waals surface area contributed by atoms with Crippen molar-refractivity contribution in [3.05, 3.63) is 0 Å². The Morgan fingerprint density at radius 1 is 1.11 bits per heavy atom. The molecule has 0 fully saturated rings. The molecule has 0 aliphatic carbocycles. The topological polar surface area (TPSA) is 110 Å². The van der Waals surface area contributed by atoms with Crippen LogP contribution in [0.4, 0.5) is 0 Å². The second kappa shape index (κ2) is 9.41. The molecule has 0 heterocycles. The number of aliphatic carboxylic acids is 2. The molecule has 0 aromatic heterocycles. The lowest BCUT2D eigenvalue weighted by molar-refractivity contribution is -0.154. The van der Waals surface area contributed by atoms with Crippen molar-refractivity contribution in [1.29, 1.82) is 0 Å². The van der Waals surface area contributed by atoms with Crippen LogP contribution in [-0.2, 0) is 23.9 Å². The van der Waals surface area contributed by atoms with Gasteiger partial charge in [-0.15, -0.1) is 0 Å². The zero-order chi connectivity index (χ0) is 14.0. The molecule has 0 atom stereocenters. The molecule has 0 aliphatic rings. The van der Waals surface area contributed by atoms with Gasteiger partial charge in [0.25, 0.3) is 0 Å². The van der Waals surface area contributed by atoms with E-state index in [4.69, 9.17) is 14.9 Å². The fourth-order valence-corrected chi connectivity index (χ4v) is 1.26. The van der Waals surface area contributed by atoms with E-state index >= 15 is 0 Å². The molecule has 0 radical (unpaired) electrons. The number of hydrogen-bond donors (Lipinski definition) is 2. The van der Waals surface area contributed by atoms with Crippen LogP contribution in [0.1, 0.15) is 26.2 Å². The van der Waals surface area contributed by atoms with Crippen molar-refractivity contribution in [3.63, 3.8) is 0 Å². The van der Waals surface area contributed by atoms with Gasteiger partial charge in [0, 0.05) is 6.61 Å². The first kappa shape index (κ1) is 16.4. The van der Waals surface area contributed by atoms with Gasteiger partial charge in [0.2, 0.25) is 0 Å². The van der Waals surface area contributed by atoms with E-state index in [0.717, 1.165) is 0 Å². The molecule has 0 unspecified atom stereocenters. The molecule has 7 nitrogen and oxygen atoms in total. The van der Waals surface area contributed by atoms with Crippen LogP contribution in [0.3, 0.4) is 0 Å². The van der Waals surface area contributed by atoms with Gasteiger partial charge in [-0.25, -0.2) is 4.79 Å². The predicted molar refractivity (Wildman–Crippen MR) is 60.1 cm³/mol. The molecule has 0 aromatic carbocycles. The van der Waals surface area contributed by atoms with Gasteiger partial charge in [0.1, 0.15) is 6.61 Å². The first-order chi connectivity index (χ1) is 8.49. The van der Waals surface area contributed by atoms with E-state index in [0.29, 0.717) is 19.4 Å². The molecule has 0 aromatic rings. The van der Waals surface area contributed by atoms with Crippen molar-refractivity contribution in [2.24, 2.45) is 5.92 Å². The average Bonchev–Trinajstić information content (AvgIpc) is 2.27. The molecule has 0 saturated carbocycles. The Morgan fingerprint density at radius 2 is 1.72 bits per heavy atom. The molecule has 0 saturated heterocycles. The van der Waals surface area contributed by atoms with Gasteiger partial charge in [-0.2, -0.15) is 0 Å². The fourth-order valence-electron chi connectivity index (χ4n) is 1.26. The van der Waals surface area contributed by atoms with E-state index < -0.39 is 23.8 Å². The van der Waals surface area contributed by atoms with Gasteiger partial charge >= 0.3 is 17.9 Å². The summed E-state index contributed by atoms with van der Waals surface area (Å²) in [7, 11) is 0. The summed E-state index contributed by atoms with van der Waals surface area (Å²) < 4.78 is 9.61. The third-order valence-electron chi connectivity index (χ3n) is 2.15. The quantitative estimate of drug-likeness (QED) is 0.335. The Bertz CT molecular complexity index is 273. The maximum absolute atomic E-state index is 10.9. The lowest BCUT2D eigenvalue weighted by atomic mass is 10.0. The maximum atomic E-state index is 10.9. The van der Waals surface area contributed by atoms with Crippen LogP contribution >= 0.6 is 0 Å². The standard InChI is InChI=1S/C11H18O7/c1-2-18-9(12)7-17-6-4-3-5-8(10(13)14)11(15)16/h8H,2-7H2,1H3,(H,13,14)(H,15,16). The van der Waals surface area contributed by atoms with Gasteiger partial charge < -0.3 is 19.7 Å². The first-order valence-electron chi connectivity index (χ1n) is 5.68. The maximum Gasteiger partial charge on any atom is 0.332 e. The Labute approximate surface area is 105 Å².